The Kier molecular flexibility index (Phi) is 2.16. The average molecular weight is 210 g/mol. The van der Waals surface area contributed by atoms with Gasteiger partial charge >= 0.3 is 0 Å². The molecule has 3 heteroatoms. The maximum Gasteiger partial charge on any atom is 0.235 e. The van der Waals surface area contributed by atoms with Crippen LogP contribution in [0.2, 0.25) is 0 Å². The lowest BCUT2D eigenvalue weighted by Crippen LogP contribution is -2.48. The summed E-state index contributed by atoms with van der Waals surface area (Å²) in [5.74, 6) is 1.01. The first-order valence-electron chi connectivity index (χ1n) is 5.93. The van der Waals surface area contributed by atoms with Gasteiger partial charge in [0.2, 0.25) is 5.91 Å². The predicted octanol–water partition coefficient (Wildman–Crippen LogP) is 1.13. The summed E-state index contributed by atoms with van der Waals surface area (Å²) in [5, 5.41) is 3.29. The summed E-state index contributed by atoms with van der Waals surface area (Å²) in [6.45, 7) is 9.96. The van der Waals surface area contributed by atoms with Crippen molar-refractivity contribution in [2.45, 2.75) is 40.2 Å². The zero-order valence-corrected chi connectivity index (χ0v) is 10.1. The molecule has 1 saturated carbocycles. The third-order valence-electron chi connectivity index (χ3n) is 5.20. The zero-order chi connectivity index (χ0) is 11.4. The van der Waals surface area contributed by atoms with E-state index < -0.39 is 0 Å². The number of fused-ring (bicyclic) bond motifs is 1. The maximum atomic E-state index is 11.5. The van der Waals surface area contributed by atoms with Crippen molar-refractivity contribution in [2.75, 3.05) is 6.54 Å². The number of carbonyl (C=O) groups excluding carboxylic acids is 1. The first kappa shape index (κ1) is 10.9. The monoisotopic (exact) mass is 210 g/mol. The Morgan fingerprint density at radius 3 is 2.60 bits per heavy atom. The molecule has 0 spiro atoms. The Morgan fingerprint density at radius 1 is 1.60 bits per heavy atom. The molecule has 2 aliphatic rings. The van der Waals surface area contributed by atoms with Crippen molar-refractivity contribution in [1.82, 2.24) is 5.32 Å². The third-order valence-corrected chi connectivity index (χ3v) is 5.20. The number of nitrogens with one attached hydrogen (secondary N) is 1. The predicted molar refractivity (Wildman–Crippen MR) is 60.1 cm³/mol. The molecular formula is C12H22N2O. The SMILES string of the molecule is CCC(C)C12C(C(N)=O)NCC1C2(C)C. The average Bonchev–Trinajstić information content (AvgIpc) is 2.55. The molecule has 1 amide bonds. The highest BCUT2D eigenvalue weighted by atomic mass is 16.1. The van der Waals surface area contributed by atoms with Gasteiger partial charge in [-0.3, -0.25) is 4.79 Å². The minimum atomic E-state index is -0.177. The molecule has 4 atom stereocenters. The van der Waals surface area contributed by atoms with Gasteiger partial charge in [0.25, 0.3) is 0 Å². The van der Waals surface area contributed by atoms with Crippen molar-refractivity contribution >= 4 is 5.91 Å². The minimum Gasteiger partial charge on any atom is -0.368 e. The van der Waals surface area contributed by atoms with Crippen LogP contribution in [0.15, 0.2) is 0 Å². The molecule has 1 aliphatic heterocycles. The molecule has 0 radical (unpaired) electrons. The van der Waals surface area contributed by atoms with E-state index in [4.69, 9.17) is 5.73 Å². The molecule has 1 heterocycles. The minimum absolute atomic E-state index is 0.118. The second kappa shape index (κ2) is 2.97. The topological polar surface area (TPSA) is 55.1 Å². The van der Waals surface area contributed by atoms with Gasteiger partial charge in [-0.2, -0.15) is 0 Å². The highest BCUT2D eigenvalue weighted by molar-refractivity contribution is 5.83. The molecule has 3 nitrogen and oxygen atoms in total. The Labute approximate surface area is 91.8 Å². The number of amides is 1. The van der Waals surface area contributed by atoms with Crippen molar-refractivity contribution in [3.8, 4) is 0 Å². The first-order valence-corrected chi connectivity index (χ1v) is 5.93. The fourth-order valence-corrected chi connectivity index (χ4v) is 4.28. The second-order valence-electron chi connectivity index (χ2n) is 5.76. The number of primary amides is 1. The number of hydrogen-bond acceptors (Lipinski definition) is 2. The van der Waals surface area contributed by atoms with Crippen molar-refractivity contribution in [3.05, 3.63) is 0 Å². The number of carbonyl (C=O) groups is 1. The Morgan fingerprint density at radius 2 is 2.20 bits per heavy atom. The lowest BCUT2D eigenvalue weighted by atomic mass is 9.76. The maximum absolute atomic E-state index is 11.5. The smallest absolute Gasteiger partial charge is 0.235 e. The summed E-state index contributed by atoms with van der Waals surface area (Å²) >= 11 is 0. The lowest BCUT2D eigenvalue weighted by molar-refractivity contribution is -0.122. The van der Waals surface area contributed by atoms with Crippen LogP contribution in [0, 0.1) is 22.7 Å². The van der Waals surface area contributed by atoms with Crippen molar-refractivity contribution in [2.24, 2.45) is 28.4 Å². The molecule has 0 bridgehead atoms. The zero-order valence-electron chi connectivity index (χ0n) is 10.1. The van der Waals surface area contributed by atoms with Crippen LogP contribution < -0.4 is 11.1 Å². The molecular weight excluding hydrogens is 188 g/mol. The summed E-state index contributed by atoms with van der Waals surface area (Å²) in [7, 11) is 0. The largest absolute Gasteiger partial charge is 0.368 e. The van der Waals surface area contributed by atoms with Crippen LogP contribution in [0.4, 0.5) is 0 Å². The molecule has 4 unspecified atom stereocenters. The van der Waals surface area contributed by atoms with E-state index in [2.05, 4.69) is 33.0 Å². The van der Waals surface area contributed by atoms with Gasteiger partial charge in [0, 0.05) is 5.41 Å². The van der Waals surface area contributed by atoms with E-state index in [1.165, 1.54) is 0 Å². The number of piperidine rings is 1. The molecule has 1 saturated heterocycles. The first-order chi connectivity index (χ1) is 6.90. The number of rotatable bonds is 3. The summed E-state index contributed by atoms with van der Waals surface area (Å²) in [4.78, 5) is 11.5. The highest BCUT2D eigenvalue weighted by Crippen LogP contribution is 2.76. The standard InChI is InChI=1S/C12H22N2O/c1-5-7(2)12-8(11(12,3)4)6-14-9(12)10(13)15/h7-9,14H,5-6H2,1-4H3,(H2,13,15). The Balaban J connectivity index is 2.36. The molecule has 0 aromatic carbocycles. The molecule has 0 aromatic rings. The fraction of sp³-hybridized carbons (Fsp3) is 0.917. The fourth-order valence-electron chi connectivity index (χ4n) is 4.28. The number of hydrogen-bond donors (Lipinski definition) is 2. The van der Waals surface area contributed by atoms with Crippen molar-refractivity contribution < 1.29 is 4.79 Å². The molecule has 2 rings (SSSR count). The van der Waals surface area contributed by atoms with Gasteiger partial charge in [-0.05, 0) is 23.8 Å². The molecule has 1 aliphatic carbocycles. The Hall–Kier alpha value is -0.570. The van der Waals surface area contributed by atoms with E-state index in [1.807, 2.05) is 0 Å². The van der Waals surface area contributed by atoms with Crippen LogP contribution in [0.1, 0.15) is 34.1 Å². The van der Waals surface area contributed by atoms with Crippen LogP contribution in [0.5, 0.6) is 0 Å². The van der Waals surface area contributed by atoms with Gasteiger partial charge in [-0.1, -0.05) is 34.1 Å². The van der Waals surface area contributed by atoms with E-state index in [0.717, 1.165) is 13.0 Å². The quantitative estimate of drug-likeness (QED) is 0.733. The normalized spacial score (nSPS) is 43.5. The van der Waals surface area contributed by atoms with Crippen LogP contribution in [-0.4, -0.2) is 18.5 Å². The van der Waals surface area contributed by atoms with E-state index in [1.54, 1.807) is 0 Å². The van der Waals surface area contributed by atoms with Crippen LogP contribution in [0.3, 0.4) is 0 Å². The molecule has 3 N–H and O–H groups in total. The van der Waals surface area contributed by atoms with Crippen LogP contribution >= 0.6 is 0 Å². The van der Waals surface area contributed by atoms with Crippen molar-refractivity contribution in [1.29, 1.82) is 0 Å². The van der Waals surface area contributed by atoms with Gasteiger partial charge in [-0.25, -0.2) is 0 Å². The third kappa shape index (κ3) is 1.02. The van der Waals surface area contributed by atoms with Gasteiger partial charge in [0.1, 0.15) is 0 Å². The molecule has 0 aromatic heterocycles. The summed E-state index contributed by atoms with van der Waals surface area (Å²) in [5.41, 5.74) is 5.90. The summed E-state index contributed by atoms with van der Waals surface area (Å²) < 4.78 is 0. The van der Waals surface area contributed by atoms with E-state index in [0.29, 0.717) is 11.8 Å². The Bertz CT molecular complexity index is 300. The van der Waals surface area contributed by atoms with Crippen LogP contribution in [0.25, 0.3) is 0 Å². The van der Waals surface area contributed by atoms with E-state index >= 15 is 0 Å². The summed E-state index contributed by atoms with van der Waals surface area (Å²) in [6.07, 6.45) is 1.12. The molecule has 2 fully saturated rings. The van der Waals surface area contributed by atoms with Gasteiger partial charge in [0.15, 0.2) is 0 Å². The van der Waals surface area contributed by atoms with Gasteiger partial charge in [0.05, 0.1) is 6.04 Å². The van der Waals surface area contributed by atoms with Gasteiger partial charge in [-0.15, -0.1) is 0 Å². The highest BCUT2D eigenvalue weighted by Gasteiger charge is 2.78. The molecule has 86 valence electrons. The van der Waals surface area contributed by atoms with Crippen LogP contribution in [-0.2, 0) is 4.79 Å². The second-order valence-corrected chi connectivity index (χ2v) is 5.76. The lowest BCUT2D eigenvalue weighted by Gasteiger charge is -2.31. The van der Waals surface area contributed by atoms with E-state index in [9.17, 15) is 4.79 Å². The van der Waals surface area contributed by atoms with Gasteiger partial charge < -0.3 is 11.1 Å². The van der Waals surface area contributed by atoms with E-state index in [-0.39, 0.29) is 22.8 Å². The number of nitrogens with two attached hydrogens (primary N) is 1. The van der Waals surface area contributed by atoms with Crippen molar-refractivity contribution in [3.63, 3.8) is 0 Å². The summed E-state index contributed by atoms with van der Waals surface area (Å²) in [6, 6.07) is -0.118. The molecule has 15 heavy (non-hydrogen) atoms.